The minimum atomic E-state index is 0.152. The molecule has 0 amide bonds. The van der Waals surface area contributed by atoms with E-state index in [-0.39, 0.29) is 5.78 Å². The minimum absolute atomic E-state index is 0.152. The van der Waals surface area contributed by atoms with Crippen molar-refractivity contribution in [3.05, 3.63) is 60.2 Å². The molecule has 0 aliphatic heterocycles. The van der Waals surface area contributed by atoms with Crippen molar-refractivity contribution in [3.63, 3.8) is 0 Å². The first-order valence-corrected chi connectivity index (χ1v) is 6.24. The van der Waals surface area contributed by atoms with E-state index in [1.54, 1.807) is 0 Å². The Morgan fingerprint density at radius 3 is 2.06 bits per heavy atom. The third kappa shape index (κ3) is 2.98. The van der Waals surface area contributed by atoms with Crippen LogP contribution >= 0.6 is 12.6 Å². The molecule has 0 unspecified atom stereocenters. The van der Waals surface area contributed by atoms with Crippen LogP contribution in [0.2, 0.25) is 0 Å². The Labute approximate surface area is 107 Å². The average molecular weight is 242 g/mol. The molecule has 2 rings (SSSR count). The van der Waals surface area contributed by atoms with Crippen molar-refractivity contribution in [2.24, 2.45) is 0 Å². The lowest BCUT2D eigenvalue weighted by atomic mass is 10.0. The number of benzene rings is 2. The largest absolute Gasteiger partial charge is 0.294 e. The number of carbonyl (C=O) groups excluding carboxylic acids is 1. The Morgan fingerprint density at radius 2 is 1.47 bits per heavy atom. The van der Waals surface area contributed by atoms with Crippen LogP contribution in [0.5, 0.6) is 0 Å². The number of ketones is 1. The van der Waals surface area contributed by atoms with Crippen LogP contribution in [0.1, 0.15) is 16.8 Å². The highest BCUT2D eigenvalue weighted by molar-refractivity contribution is 7.80. The maximum absolute atomic E-state index is 11.6. The molecule has 0 aliphatic rings. The highest BCUT2D eigenvalue weighted by atomic mass is 32.1. The van der Waals surface area contributed by atoms with E-state index in [4.69, 9.17) is 0 Å². The third-order valence-electron chi connectivity index (χ3n) is 2.65. The fourth-order valence-electron chi connectivity index (χ4n) is 1.73. The lowest BCUT2D eigenvalue weighted by molar-refractivity contribution is 0.0989. The molecule has 0 heterocycles. The van der Waals surface area contributed by atoms with Gasteiger partial charge in [0, 0.05) is 12.0 Å². The summed E-state index contributed by atoms with van der Waals surface area (Å²) < 4.78 is 0. The smallest absolute Gasteiger partial charge is 0.163 e. The van der Waals surface area contributed by atoms with Crippen molar-refractivity contribution >= 4 is 18.4 Å². The van der Waals surface area contributed by atoms with E-state index in [2.05, 4.69) is 24.8 Å². The van der Waals surface area contributed by atoms with Crippen molar-refractivity contribution in [2.75, 3.05) is 5.75 Å². The highest BCUT2D eigenvalue weighted by Gasteiger charge is 2.04. The summed E-state index contributed by atoms with van der Waals surface area (Å²) in [5.41, 5.74) is 3.06. The van der Waals surface area contributed by atoms with Gasteiger partial charge in [-0.05, 0) is 16.9 Å². The predicted octanol–water partition coefficient (Wildman–Crippen LogP) is 3.86. The van der Waals surface area contributed by atoms with Gasteiger partial charge in [0.25, 0.3) is 0 Å². The first-order chi connectivity index (χ1) is 8.31. The lowest BCUT2D eigenvalue weighted by Crippen LogP contribution is -1.99. The number of carbonyl (C=O) groups is 1. The molecule has 86 valence electrons. The Morgan fingerprint density at radius 1 is 0.882 bits per heavy atom. The standard InChI is InChI=1S/C15H14OS/c16-15(10-11-17)14-8-6-13(7-9-14)12-4-2-1-3-5-12/h1-9,17H,10-11H2. The fourth-order valence-corrected chi connectivity index (χ4v) is 1.93. The molecule has 0 fully saturated rings. The van der Waals surface area contributed by atoms with E-state index >= 15 is 0 Å². The van der Waals surface area contributed by atoms with E-state index in [0.29, 0.717) is 12.2 Å². The van der Waals surface area contributed by atoms with E-state index in [1.165, 1.54) is 5.56 Å². The van der Waals surface area contributed by atoms with Crippen molar-refractivity contribution < 1.29 is 4.79 Å². The topological polar surface area (TPSA) is 17.1 Å². The van der Waals surface area contributed by atoms with Crippen molar-refractivity contribution in [1.82, 2.24) is 0 Å². The summed E-state index contributed by atoms with van der Waals surface area (Å²) in [5, 5.41) is 0. The Kier molecular flexibility index (Phi) is 3.99. The van der Waals surface area contributed by atoms with Gasteiger partial charge in [-0.15, -0.1) is 0 Å². The number of hydrogen-bond donors (Lipinski definition) is 1. The van der Waals surface area contributed by atoms with Gasteiger partial charge in [-0.25, -0.2) is 0 Å². The summed E-state index contributed by atoms with van der Waals surface area (Å²) in [6, 6.07) is 17.9. The van der Waals surface area contributed by atoms with Crippen molar-refractivity contribution in [2.45, 2.75) is 6.42 Å². The molecule has 17 heavy (non-hydrogen) atoms. The summed E-state index contributed by atoms with van der Waals surface area (Å²) >= 11 is 4.07. The molecule has 0 aliphatic carbocycles. The molecule has 2 aromatic rings. The van der Waals surface area contributed by atoms with Crippen LogP contribution in [-0.2, 0) is 0 Å². The molecule has 0 bridgehead atoms. The van der Waals surface area contributed by atoms with Gasteiger partial charge >= 0.3 is 0 Å². The first-order valence-electron chi connectivity index (χ1n) is 5.61. The highest BCUT2D eigenvalue weighted by Crippen LogP contribution is 2.19. The van der Waals surface area contributed by atoms with Gasteiger partial charge < -0.3 is 0 Å². The maximum Gasteiger partial charge on any atom is 0.163 e. The molecule has 2 heteroatoms. The fraction of sp³-hybridized carbons (Fsp3) is 0.133. The SMILES string of the molecule is O=C(CCS)c1ccc(-c2ccccc2)cc1. The maximum atomic E-state index is 11.6. The van der Waals surface area contributed by atoms with Gasteiger partial charge in [0.2, 0.25) is 0 Å². The summed E-state index contributed by atoms with van der Waals surface area (Å²) in [6.07, 6.45) is 0.494. The lowest BCUT2D eigenvalue weighted by Gasteiger charge is -2.03. The zero-order valence-corrected chi connectivity index (χ0v) is 10.4. The monoisotopic (exact) mass is 242 g/mol. The summed E-state index contributed by atoms with van der Waals surface area (Å²) in [7, 11) is 0. The molecule has 0 atom stereocenters. The van der Waals surface area contributed by atoms with Crippen LogP contribution in [-0.4, -0.2) is 11.5 Å². The number of rotatable bonds is 4. The molecule has 0 saturated carbocycles. The minimum Gasteiger partial charge on any atom is -0.294 e. The van der Waals surface area contributed by atoms with Crippen molar-refractivity contribution in [1.29, 1.82) is 0 Å². The van der Waals surface area contributed by atoms with Crippen LogP contribution in [0.25, 0.3) is 11.1 Å². The van der Waals surface area contributed by atoms with E-state index < -0.39 is 0 Å². The average Bonchev–Trinajstić information content (AvgIpc) is 2.40. The zero-order chi connectivity index (χ0) is 12.1. The second-order valence-electron chi connectivity index (χ2n) is 3.84. The summed E-state index contributed by atoms with van der Waals surface area (Å²) in [5.74, 6) is 0.749. The van der Waals surface area contributed by atoms with Gasteiger partial charge in [0.15, 0.2) is 5.78 Å². The van der Waals surface area contributed by atoms with Gasteiger partial charge in [-0.1, -0.05) is 54.6 Å². The second-order valence-corrected chi connectivity index (χ2v) is 4.29. The predicted molar refractivity (Wildman–Crippen MR) is 74.7 cm³/mol. The molecule has 0 aromatic heterocycles. The van der Waals surface area contributed by atoms with Gasteiger partial charge in [-0.3, -0.25) is 4.79 Å². The van der Waals surface area contributed by atoms with Crippen molar-refractivity contribution in [3.8, 4) is 11.1 Å². The van der Waals surface area contributed by atoms with Crippen LogP contribution < -0.4 is 0 Å². The normalized spacial score (nSPS) is 10.2. The van der Waals surface area contributed by atoms with Gasteiger partial charge in [0.1, 0.15) is 0 Å². The summed E-state index contributed by atoms with van der Waals surface area (Å²) in [6.45, 7) is 0. The molecule has 0 spiro atoms. The summed E-state index contributed by atoms with van der Waals surface area (Å²) in [4.78, 5) is 11.6. The Hall–Kier alpha value is -1.54. The Bertz CT molecular complexity index is 488. The van der Waals surface area contributed by atoms with E-state index in [0.717, 1.165) is 11.1 Å². The van der Waals surface area contributed by atoms with E-state index in [9.17, 15) is 4.79 Å². The van der Waals surface area contributed by atoms with Crippen LogP contribution in [0.15, 0.2) is 54.6 Å². The Balaban J connectivity index is 2.22. The molecular weight excluding hydrogens is 228 g/mol. The number of Topliss-reactive ketones (excluding diaryl/α,β-unsaturated/α-hetero) is 1. The number of hydrogen-bond acceptors (Lipinski definition) is 2. The molecule has 2 aromatic carbocycles. The van der Waals surface area contributed by atoms with Gasteiger partial charge in [0.05, 0.1) is 0 Å². The van der Waals surface area contributed by atoms with Gasteiger partial charge in [-0.2, -0.15) is 12.6 Å². The first kappa shape index (κ1) is 11.9. The third-order valence-corrected chi connectivity index (χ3v) is 2.88. The second kappa shape index (κ2) is 5.69. The van der Waals surface area contributed by atoms with Crippen LogP contribution in [0, 0.1) is 0 Å². The zero-order valence-electron chi connectivity index (χ0n) is 9.47. The van der Waals surface area contributed by atoms with Crippen LogP contribution in [0.4, 0.5) is 0 Å². The molecule has 1 nitrogen and oxygen atoms in total. The molecule has 0 saturated heterocycles. The molecule has 0 radical (unpaired) electrons. The van der Waals surface area contributed by atoms with Crippen LogP contribution in [0.3, 0.4) is 0 Å². The molecule has 0 N–H and O–H groups in total. The van der Waals surface area contributed by atoms with E-state index in [1.807, 2.05) is 42.5 Å². The molecular formula is C15H14OS. The number of thiol groups is 1. The quantitative estimate of drug-likeness (QED) is 0.636.